The number of hydrogen-bond acceptors (Lipinski definition) is 6. The van der Waals surface area contributed by atoms with Crippen molar-refractivity contribution in [3.63, 3.8) is 0 Å². The third-order valence-corrected chi connectivity index (χ3v) is 8.74. The number of sulfonamides is 1. The summed E-state index contributed by atoms with van der Waals surface area (Å²) in [5.74, 6) is 0.0406. The van der Waals surface area contributed by atoms with Gasteiger partial charge in [0.1, 0.15) is 11.6 Å². The summed E-state index contributed by atoms with van der Waals surface area (Å²) in [5.41, 5.74) is 2.62. The number of benzene rings is 1. The van der Waals surface area contributed by atoms with Crippen molar-refractivity contribution in [3.05, 3.63) is 47.0 Å². The van der Waals surface area contributed by atoms with Gasteiger partial charge in [-0.05, 0) is 63.0 Å². The van der Waals surface area contributed by atoms with Crippen molar-refractivity contribution in [1.82, 2.24) is 4.98 Å². The molecule has 0 atom stereocenters. The van der Waals surface area contributed by atoms with Crippen LogP contribution in [0.2, 0.25) is 0 Å². The SMILES string of the molecule is CCC(=O)c1c(-c2ccc(C)cc2)oc2nc(N(CCCC3(C(=O)O)CC3)S(C)(=O)=O)c(C3CC3)cc12. The molecule has 9 heteroatoms. The van der Waals surface area contributed by atoms with Crippen LogP contribution in [0.1, 0.15) is 79.3 Å². The lowest BCUT2D eigenvalue weighted by Gasteiger charge is -2.24. The summed E-state index contributed by atoms with van der Waals surface area (Å²) in [5, 5.41) is 10.1. The second-order valence-electron chi connectivity index (χ2n) is 10.5. The Morgan fingerprint density at radius 3 is 2.41 bits per heavy atom. The number of furan rings is 1. The fourth-order valence-electron chi connectivity index (χ4n) is 5.00. The van der Waals surface area contributed by atoms with E-state index in [9.17, 15) is 23.1 Å². The van der Waals surface area contributed by atoms with Gasteiger partial charge in [-0.3, -0.25) is 13.9 Å². The van der Waals surface area contributed by atoms with E-state index in [-0.39, 0.29) is 24.0 Å². The van der Waals surface area contributed by atoms with Crippen molar-refractivity contribution in [3.8, 4) is 11.3 Å². The highest BCUT2D eigenvalue weighted by Gasteiger charge is 2.49. The smallest absolute Gasteiger partial charge is 0.309 e. The van der Waals surface area contributed by atoms with E-state index in [0.717, 1.165) is 35.8 Å². The predicted molar refractivity (Wildman–Crippen MR) is 142 cm³/mol. The van der Waals surface area contributed by atoms with Crippen LogP contribution in [0.25, 0.3) is 22.4 Å². The number of aliphatic carboxylic acids is 1. The molecule has 0 amide bonds. The summed E-state index contributed by atoms with van der Waals surface area (Å²) in [4.78, 5) is 29.4. The van der Waals surface area contributed by atoms with Gasteiger partial charge in [0.15, 0.2) is 5.78 Å². The Kier molecular flexibility index (Phi) is 6.38. The molecule has 0 saturated heterocycles. The van der Waals surface area contributed by atoms with Gasteiger partial charge in [0.05, 0.1) is 22.6 Å². The van der Waals surface area contributed by atoms with Crippen molar-refractivity contribution in [1.29, 1.82) is 0 Å². The lowest BCUT2D eigenvalue weighted by Crippen LogP contribution is -2.33. The minimum Gasteiger partial charge on any atom is -0.481 e. The van der Waals surface area contributed by atoms with E-state index < -0.39 is 21.4 Å². The number of nitrogens with zero attached hydrogens (tertiary/aromatic N) is 2. The Hall–Kier alpha value is -3.20. The van der Waals surface area contributed by atoms with Gasteiger partial charge in [0.25, 0.3) is 0 Å². The van der Waals surface area contributed by atoms with E-state index in [1.807, 2.05) is 37.3 Å². The fourth-order valence-corrected chi connectivity index (χ4v) is 5.92. The molecule has 3 aromatic rings. The Morgan fingerprint density at radius 2 is 1.86 bits per heavy atom. The maximum Gasteiger partial charge on any atom is 0.309 e. The predicted octanol–water partition coefficient (Wildman–Crippen LogP) is 5.68. The molecule has 2 heterocycles. The van der Waals surface area contributed by atoms with E-state index in [4.69, 9.17) is 9.40 Å². The number of pyridine rings is 1. The molecule has 0 unspecified atom stereocenters. The standard InChI is InChI=1S/C28H32N2O6S/c1-4-22(31)23-21-16-20(18-10-11-18)25(29-26(21)36-24(23)19-8-6-17(2)7-9-19)30(37(3,34)35)15-5-12-28(13-14-28)27(32)33/h6-9,16,18H,4-5,10-15H2,1-3H3,(H,32,33). The zero-order valence-corrected chi connectivity index (χ0v) is 22.2. The molecular weight excluding hydrogens is 492 g/mol. The van der Waals surface area contributed by atoms with Crippen molar-refractivity contribution in [2.45, 2.75) is 64.7 Å². The number of Topliss-reactive ketones (excluding diaryl/α,β-unsaturated/α-hetero) is 1. The first-order valence-electron chi connectivity index (χ1n) is 12.8. The van der Waals surface area contributed by atoms with Gasteiger partial charge in [0, 0.05) is 18.5 Å². The van der Waals surface area contributed by atoms with Crippen LogP contribution in [0.15, 0.2) is 34.7 Å². The van der Waals surface area contributed by atoms with Gasteiger partial charge in [-0.2, -0.15) is 4.98 Å². The number of ketones is 1. The second kappa shape index (κ2) is 9.28. The van der Waals surface area contributed by atoms with Crippen LogP contribution in [0.4, 0.5) is 5.82 Å². The van der Waals surface area contributed by atoms with Gasteiger partial charge >= 0.3 is 5.97 Å². The quantitative estimate of drug-likeness (QED) is 0.320. The summed E-state index contributed by atoms with van der Waals surface area (Å²) < 4.78 is 33.3. The van der Waals surface area contributed by atoms with Gasteiger partial charge < -0.3 is 9.52 Å². The van der Waals surface area contributed by atoms with Crippen LogP contribution in [0.3, 0.4) is 0 Å². The normalized spacial score (nSPS) is 16.6. The first-order chi connectivity index (χ1) is 17.5. The van der Waals surface area contributed by atoms with E-state index in [2.05, 4.69) is 0 Å². The Labute approximate surface area is 216 Å². The lowest BCUT2D eigenvalue weighted by molar-refractivity contribution is -0.143. The number of fused-ring (bicyclic) bond motifs is 1. The van der Waals surface area contributed by atoms with Gasteiger partial charge in [-0.25, -0.2) is 8.42 Å². The van der Waals surface area contributed by atoms with Crippen LogP contribution in [0, 0.1) is 12.3 Å². The van der Waals surface area contributed by atoms with E-state index in [1.165, 1.54) is 4.31 Å². The van der Waals surface area contributed by atoms with E-state index in [0.29, 0.717) is 54.6 Å². The molecule has 8 nitrogen and oxygen atoms in total. The summed E-state index contributed by atoms with van der Waals surface area (Å²) in [7, 11) is -3.70. The molecule has 2 aliphatic rings. The molecule has 0 aliphatic heterocycles. The average molecular weight is 525 g/mol. The average Bonchev–Trinajstić information content (AvgIpc) is 3.77. The highest BCUT2D eigenvalue weighted by atomic mass is 32.2. The van der Waals surface area contributed by atoms with Crippen molar-refractivity contribution < 1.29 is 27.5 Å². The molecule has 2 aliphatic carbocycles. The molecule has 2 fully saturated rings. The Bertz CT molecular complexity index is 1480. The monoisotopic (exact) mass is 524 g/mol. The fraction of sp³-hybridized carbons (Fsp3) is 0.464. The number of carbonyl (C=O) groups is 2. The summed E-state index contributed by atoms with van der Waals surface area (Å²) in [6, 6.07) is 9.60. The van der Waals surface area contributed by atoms with Crippen LogP contribution in [0.5, 0.6) is 0 Å². The Morgan fingerprint density at radius 1 is 1.19 bits per heavy atom. The molecule has 196 valence electrons. The van der Waals surface area contributed by atoms with Crippen LogP contribution in [-0.4, -0.2) is 43.1 Å². The maximum atomic E-state index is 13.1. The Balaban J connectivity index is 1.61. The third-order valence-electron chi connectivity index (χ3n) is 7.58. The minimum absolute atomic E-state index is 0.0611. The first kappa shape index (κ1) is 25.4. The van der Waals surface area contributed by atoms with Crippen molar-refractivity contribution in [2.75, 3.05) is 17.1 Å². The van der Waals surface area contributed by atoms with Gasteiger partial charge in [0.2, 0.25) is 15.7 Å². The van der Waals surface area contributed by atoms with Crippen LogP contribution < -0.4 is 4.31 Å². The van der Waals surface area contributed by atoms with Gasteiger partial charge in [-0.1, -0.05) is 36.8 Å². The number of rotatable bonds is 11. The molecule has 1 N–H and O–H groups in total. The van der Waals surface area contributed by atoms with E-state index >= 15 is 0 Å². The number of carboxylic acids is 1. The molecule has 0 radical (unpaired) electrons. The highest BCUT2D eigenvalue weighted by Crippen LogP contribution is 2.50. The molecule has 5 rings (SSSR count). The molecule has 37 heavy (non-hydrogen) atoms. The van der Waals surface area contributed by atoms with Crippen molar-refractivity contribution >= 4 is 38.7 Å². The number of anilines is 1. The number of carboxylic acid groups (broad SMARTS) is 1. The van der Waals surface area contributed by atoms with Crippen LogP contribution >= 0.6 is 0 Å². The summed E-state index contributed by atoms with van der Waals surface area (Å²) >= 11 is 0. The number of carbonyl (C=O) groups excluding carboxylic acids is 1. The molecule has 1 aromatic carbocycles. The summed E-state index contributed by atoms with van der Waals surface area (Å²) in [6.45, 7) is 3.93. The molecule has 2 aromatic heterocycles. The van der Waals surface area contributed by atoms with Crippen LogP contribution in [-0.2, 0) is 14.8 Å². The highest BCUT2D eigenvalue weighted by molar-refractivity contribution is 7.92. The molecule has 0 spiro atoms. The maximum absolute atomic E-state index is 13.1. The zero-order chi connectivity index (χ0) is 26.5. The van der Waals surface area contributed by atoms with E-state index in [1.54, 1.807) is 6.92 Å². The van der Waals surface area contributed by atoms with Gasteiger partial charge in [-0.15, -0.1) is 0 Å². The zero-order valence-electron chi connectivity index (χ0n) is 21.4. The van der Waals surface area contributed by atoms with Crippen molar-refractivity contribution in [2.24, 2.45) is 5.41 Å². The molecule has 2 saturated carbocycles. The topological polar surface area (TPSA) is 118 Å². The molecule has 0 bridgehead atoms. The summed E-state index contributed by atoms with van der Waals surface area (Å²) in [6.07, 6.45) is 5.36. The molecular formula is C28H32N2O6S. The number of hydrogen-bond donors (Lipinski definition) is 1. The second-order valence-corrected chi connectivity index (χ2v) is 12.4. The number of aromatic nitrogens is 1. The number of aryl methyl sites for hydroxylation is 1. The first-order valence-corrected chi connectivity index (χ1v) is 14.7. The third kappa shape index (κ3) is 4.89. The lowest BCUT2D eigenvalue weighted by atomic mass is 9.99. The largest absolute Gasteiger partial charge is 0.481 e. The minimum atomic E-state index is -3.70.